The third kappa shape index (κ3) is 2.60. The summed E-state index contributed by atoms with van der Waals surface area (Å²) in [6, 6.07) is 10.3. The molecule has 2 N–H and O–H groups in total. The first-order chi connectivity index (χ1) is 10.9. The normalized spacial score (nSPS) is 15.2. The average molecular weight is 295 g/mol. The molecule has 22 heavy (non-hydrogen) atoms. The number of benzene rings is 1. The number of ether oxygens (including phenoxy) is 1. The van der Waals surface area contributed by atoms with Crippen LogP contribution in [0.2, 0.25) is 0 Å². The van der Waals surface area contributed by atoms with E-state index in [2.05, 4.69) is 49.4 Å². The van der Waals surface area contributed by atoms with Gasteiger partial charge in [0.15, 0.2) is 0 Å². The van der Waals surface area contributed by atoms with Crippen molar-refractivity contribution in [1.82, 2.24) is 15.0 Å². The molecule has 0 bridgehead atoms. The SMILES string of the molecule is c1cc2nc(Nc3ccc(N4CCOCC4)cc3)ncc2[nH]1. The first kappa shape index (κ1) is 13.1. The Labute approximate surface area is 128 Å². The lowest BCUT2D eigenvalue weighted by Gasteiger charge is -2.28. The van der Waals surface area contributed by atoms with Crippen LogP contribution >= 0.6 is 0 Å². The van der Waals surface area contributed by atoms with Crippen LogP contribution in [0.25, 0.3) is 11.0 Å². The maximum Gasteiger partial charge on any atom is 0.227 e. The van der Waals surface area contributed by atoms with E-state index in [1.807, 2.05) is 12.3 Å². The molecule has 4 rings (SSSR count). The zero-order valence-electron chi connectivity index (χ0n) is 12.1. The van der Waals surface area contributed by atoms with E-state index in [0.29, 0.717) is 5.95 Å². The number of nitrogens with one attached hydrogen (secondary N) is 2. The molecule has 2 aromatic heterocycles. The van der Waals surface area contributed by atoms with Crippen LogP contribution in [0, 0.1) is 0 Å². The van der Waals surface area contributed by atoms with Crippen molar-refractivity contribution in [3.05, 3.63) is 42.7 Å². The van der Waals surface area contributed by atoms with Gasteiger partial charge in [0, 0.05) is 30.7 Å². The molecule has 3 heterocycles. The summed E-state index contributed by atoms with van der Waals surface area (Å²) in [6.07, 6.45) is 3.65. The van der Waals surface area contributed by atoms with Crippen LogP contribution in [-0.4, -0.2) is 41.3 Å². The Hall–Kier alpha value is -2.60. The Balaban J connectivity index is 1.50. The Morgan fingerprint density at radius 3 is 2.73 bits per heavy atom. The Kier molecular flexibility index (Phi) is 3.36. The van der Waals surface area contributed by atoms with Gasteiger partial charge in [-0.2, -0.15) is 0 Å². The van der Waals surface area contributed by atoms with Crippen LogP contribution in [0.1, 0.15) is 0 Å². The van der Waals surface area contributed by atoms with Crippen molar-refractivity contribution in [3.8, 4) is 0 Å². The van der Waals surface area contributed by atoms with Gasteiger partial charge in [0.25, 0.3) is 0 Å². The maximum absolute atomic E-state index is 5.38. The number of hydrogen-bond donors (Lipinski definition) is 2. The van der Waals surface area contributed by atoms with E-state index >= 15 is 0 Å². The number of aromatic amines is 1. The van der Waals surface area contributed by atoms with Crippen LogP contribution in [0.4, 0.5) is 17.3 Å². The molecule has 6 nitrogen and oxygen atoms in total. The zero-order valence-corrected chi connectivity index (χ0v) is 12.1. The lowest BCUT2D eigenvalue weighted by Crippen LogP contribution is -2.36. The summed E-state index contributed by atoms with van der Waals surface area (Å²) in [5.74, 6) is 0.603. The van der Waals surface area contributed by atoms with Crippen LogP contribution in [0.5, 0.6) is 0 Å². The smallest absolute Gasteiger partial charge is 0.227 e. The Morgan fingerprint density at radius 1 is 1.09 bits per heavy atom. The molecule has 0 amide bonds. The number of anilines is 3. The fourth-order valence-corrected chi connectivity index (χ4v) is 2.61. The maximum atomic E-state index is 5.38. The average Bonchev–Trinajstić information content (AvgIpc) is 3.04. The molecule has 0 atom stereocenters. The van der Waals surface area contributed by atoms with E-state index in [-0.39, 0.29) is 0 Å². The number of hydrogen-bond acceptors (Lipinski definition) is 5. The largest absolute Gasteiger partial charge is 0.378 e. The lowest BCUT2D eigenvalue weighted by atomic mass is 10.2. The van der Waals surface area contributed by atoms with E-state index in [0.717, 1.165) is 43.0 Å². The minimum absolute atomic E-state index is 0.603. The van der Waals surface area contributed by atoms with Gasteiger partial charge in [-0.25, -0.2) is 9.97 Å². The molecule has 0 unspecified atom stereocenters. The second kappa shape index (κ2) is 5.65. The van der Waals surface area contributed by atoms with Gasteiger partial charge in [0.1, 0.15) is 0 Å². The molecular weight excluding hydrogens is 278 g/mol. The van der Waals surface area contributed by atoms with Crippen molar-refractivity contribution in [1.29, 1.82) is 0 Å². The van der Waals surface area contributed by atoms with Gasteiger partial charge < -0.3 is 19.9 Å². The molecular formula is C16H17N5O. The first-order valence-electron chi connectivity index (χ1n) is 7.38. The number of aromatic nitrogens is 3. The molecule has 0 spiro atoms. The van der Waals surface area contributed by atoms with Crippen molar-refractivity contribution < 1.29 is 4.74 Å². The van der Waals surface area contributed by atoms with Gasteiger partial charge >= 0.3 is 0 Å². The highest BCUT2D eigenvalue weighted by molar-refractivity contribution is 5.75. The van der Waals surface area contributed by atoms with Crippen LogP contribution < -0.4 is 10.2 Å². The number of nitrogens with zero attached hydrogens (tertiary/aromatic N) is 3. The van der Waals surface area contributed by atoms with E-state index in [4.69, 9.17) is 4.74 Å². The highest BCUT2D eigenvalue weighted by Gasteiger charge is 2.10. The summed E-state index contributed by atoms with van der Waals surface area (Å²) < 4.78 is 5.38. The predicted octanol–water partition coefficient (Wildman–Crippen LogP) is 2.54. The third-order valence-corrected chi connectivity index (χ3v) is 3.80. The molecule has 3 aromatic rings. The quantitative estimate of drug-likeness (QED) is 0.777. The molecule has 112 valence electrons. The van der Waals surface area contributed by atoms with Gasteiger partial charge in [-0.1, -0.05) is 0 Å². The van der Waals surface area contributed by atoms with E-state index in [1.165, 1.54) is 5.69 Å². The molecule has 0 aliphatic carbocycles. The highest BCUT2D eigenvalue weighted by atomic mass is 16.5. The molecule has 0 saturated carbocycles. The molecule has 1 aromatic carbocycles. The van der Waals surface area contributed by atoms with Crippen molar-refractivity contribution in [2.24, 2.45) is 0 Å². The number of rotatable bonds is 3. The summed E-state index contributed by atoms with van der Waals surface area (Å²) in [7, 11) is 0. The van der Waals surface area contributed by atoms with Crippen molar-refractivity contribution in [2.45, 2.75) is 0 Å². The fourth-order valence-electron chi connectivity index (χ4n) is 2.61. The third-order valence-electron chi connectivity index (χ3n) is 3.80. The van der Waals surface area contributed by atoms with Crippen molar-refractivity contribution in [2.75, 3.05) is 36.5 Å². The molecule has 0 radical (unpaired) electrons. The standard InChI is InChI=1S/C16H17N5O/c1-3-13(21-7-9-22-10-8-21)4-2-12(1)19-16-18-11-15-14(20-16)5-6-17-15/h1-6,11,17H,7-10H2,(H,18,19,20). The van der Waals surface area contributed by atoms with Crippen LogP contribution in [0.15, 0.2) is 42.7 Å². The van der Waals surface area contributed by atoms with Crippen LogP contribution in [-0.2, 0) is 4.74 Å². The number of morpholine rings is 1. The molecule has 1 fully saturated rings. The summed E-state index contributed by atoms with van der Waals surface area (Å²) >= 11 is 0. The van der Waals surface area contributed by atoms with E-state index in [9.17, 15) is 0 Å². The van der Waals surface area contributed by atoms with E-state index in [1.54, 1.807) is 6.20 Å². The van der Waals surface area contributed by atoms with Crippen molar-refractivity contribution in [3.63, 3.8) is 0 Å². The lowest BCUT2D eigenvalue weighted by molar-refractivity contribution is 0.122. The van der Waals surface area contributed by atoms with Crippen molar-refractivity contribution >= 4 is 28.4 Å². The monoisotopic (exact) mass is 295 g/mol. The van der Waals surface area contributed by atoms with Crippen LogP contribution in [0.3, 0.4) is 0 Å². The van der Waals surface area contributed by atoms with Gasteiger partial charge in [-0.05, 0) is 30.3 Å². The Bertz CT molecular complexity index is 762. The molecule has 1 saturated heterocycles. The summed E-state index contributed by atoms with van der Waals surface area (Å²) in [5, 5.41) is 3.24. The second-order valence-corrected chi connectivity index (χ2v) is 5.24. The highest BCUT2D eigenvalue weighted by Crippen LogP contribution is 2.21. The van der Waals surface area contributed by atoms with Gasteiger partial charge in [0.2, 0.25) is 5.95 Å². The van der Waals surface area contributed by atoms with E-state index < -0.39 is 0 Å². The second-order valence-electron chi connectivity index (χ2n) is 5.24. The minimum atomic E-state index is 0.603. The predicted molar refractivity (Wildman–Crippen MR) is 86.6 cm³/mol. The topological polar surface area (TPSA) is 66.1 Å². The first-order valence-corrected chi connectivity index (χ1v) is 7.38. The number of H-pyrrole nitrogens is 1. The fraction of sp³-hybridized carbons (Fsp3) is 0.250. The molecule has 6 heteroatoms. The Morgan fingerprint density at radius 2 is 1.91 bits per heavy atom. The summed E-state index contributed by atoms with van der Waals surface area (Å²) in [4.78, 5) is 14.2. The molecule has 1 aliphatic rings. The van der Waals surface area contributed by atoms with Gasteiger partial charge in [-0.15, -0.1) is 0 Å². The van der Waals surface area contributed by atoms with Gasteiger partial charge in [-0.3, -0.25) is 0 Å². The van der Waals surface area contributed by atoms with Gasteiger partial charge in [0.05, 0.1) is 30.4 Å². The summed E-state index contributed by atoms with van der Waals surface area (Å²) in [6.45, 7) is 3.48. The number of fused-ring (bicyclic) bond motifs is 1. The zero-order chi connectivity index (χ0) is 14.8. The summed E-state index contributed by atoms with van der Waals surface area (Å²) in [5.41, 5.74) is 4.04. The molecule has 1 aliphatic heterocycles. The minimum Gasteiger partial charge on any atom is -0.378 e.